The van der Waals surface area contributed by atoms with Gasteiger partial charge in [0.15, 0.2) is 11.3 Å². The van der Waals surface area contributed by atoms with Crippen molar-refractivity contribution in [1.29, 1.82) is 0 Å². The van der Waals surface area contributed by atoms with E-state index < -0.39 is 5.97 Å². The molecular formula is C21H24ClN3O3. The predicted molar refractivity (Wildman–Crippen MR) is 110 cm³/mol. The van der Waals surface area contributed by atoms with E-state index in [1.165, 1.54) is 0 Å². The lowest BCUT2D eigenvalue weighted by molar-refractivity contribution is 0.0690. The smallest absolute Gasteiger partial charge is 0.354 e. The molecule has 7 heteroatoms. The average Bonchev–Trinajstić information content (AvgIpc) is 2.97. The number of benzene rings is 1. The normalized spacial score (nSPS) is 11.1. The van der Waals surface area contributed by atoms with Crippen LogP contribution in [0.1, 0.15) is 53.6 Å². The molecule has 0 fully saturated rings. The van der Waals surface area contributed by atoms with E-state index in [1.54, 1.807) is 6.07 Å². The van der Waals surface area contributed by atoms with Gasteiger partial charge in [-0.05, 0) is 49.6 Å². The van der Waals surface area contributed by atoms with Gasteiger partial charge >= 0.3 is 5.97 Å². The molecule has 0 aliphatic carbocycles. The van der Waals surface area contributed by atoms with Gasteiger partial charge in [-0.25, -0.2) is 14.8 Å². The third-order valence-corrected chi connectivity index (χ3v) is 5.03. The lowest BCUT2D eigenvalue weighted by atomic mass is 10.2. The van der Waals surface area contributed by atoms with E-state index in [1.807, 2.05) is 36.6 Å². The number of aromatic carboxylic acids is 1. The van der Waals surface area contributed by atoms with Crippen molar-refractivity contribution in [2.45, 2.75) is 46.6 Å². The first-order chi connectivity index (χ1) is 13.4. The lowest BCUT2D eigenvalue weighted by Gasteiger charge is -2.11. The Hall–Kier alpha value is -2.60. The van der Waals surface area contributed by atoms with Gasteiger partial charge in [0, 0.05) is 5.02 Å². The van der Waals surface area contributed by atoms with E-state index in [0.717, 1.165) is 42.0 Å². The zero-order valence-corrected chi connectivity index (χ0v) is 17.1. The SMILES string of the molecule is CCCCCOc1ccc(Cn2c(C)nc3c(C)cc(C(=O)O)nc32)c(Cl)c1. The molecule has 28 heavy (non-hydrogen) atoms. The first-order valence-electron chi connectivity index (χ1n) is 9.39. The first kappa shape index (κ1) is 20.1. The number of aromatic nitrogens is 3. The molecule has 0 amide bonds. The number of carboxylic acids is 1. The molecule has 0 aliphatic rings. The first-order valence-corrected chi connectivity index (χ1v) is 9.77. The number of rotatable bonds is 8. The number of nitrogens with zero attached hydrogens (tertiary/aromatic N) is 3. The van der Waals surface area contributed by atoms with Crippen molar-refractivity contribution in [2.24, 2.45) is 0 Å². The standard InChI is InChI=1S/C21H24ClN3O3/c1-4-5-6-9-28-16-8-7-15(17(22)11-16)12-25-14(3)23-19-13(2)10-18(21(26)27)24-20(19)25/h7-8,10-11H,4-6,9,12H2,1-3H3,(H,26,27). The molecule has 0 saturated carbocycles. The molecule has 2 aromatic heterocycles. The highest BCUT2D eigenvalue weighted by Gasteiger charge is 2.16. The second-order valence-corrected chi connectivity index (χ2v) is 7.26. The second-order valence-electron chi connectivity index (χ2n) is 6.86. The van der Waals surface area contributed by atoms with Gasteiger partial charge in [-0.2, -0.15) is 0 Å². The molecule has 0 bridgehead atoms. The summed E-state index contributed by atoms with van der Waals surface area (Å²) in [6.45, 7) is 7.00. The summed E-state index contributed by atoms with van der Waals surface area (Å²) in [6.07, 6.45) is 3.31. The molecule has 0 atom stereocenters. The van der Waals surface area contributed by atoms with Crippen LogP contribution in [-0.4, -0.2) is 32.2 Å². The summed E-state index contributed by atoms with van der Waals surface area (Å²) in [7, 11) is 0. The molecule has 6 nitrogen and oxygen atoms in total. The van der Waals surface area contributed by atoms with Crippen molar-refractivity contribution in [1.82, 2.24) is 14.5 Å². The van der Waals surface area contributed by atoms with Crippen LogP contribution < -0.4 is 4.74 Å². The highest BCUT2D eigenvalue weighted by molar-refractivity contribution is 6.31. The van der Waals surface area contributed by atoms with Crippen LogP contribution in [0.25, 0.3) is 11.2 Å². The Morgan fingerprint density at radius 2 is 2.00 bits per heavy atom. The number of ether oxygens (including phenoxy) is 1. The zero-order valence-electron chi connectivity index (χ0n) is 16.3. The topological polar surface area (TPSA) is 77.2 Å². The quantitative estimate of drug-likeness (QED) is 0.536. The third-order valence-electron chi connectivity index (χ3n) is 4.67. The van der Waals surface area contributed by atoms with Crippen molar-refractivity contribution >= 4 is 28.7 Å². The van der Waals surface area contributed by atoms with Crippen LogP contribution in [0.5, 0.6) is 5.75 Å². The molecule has 0 unspecified atom stereocenters. The number of hydrogen-bond acceptors (Lipinski definition) is 4. The van der Waals surface area contributed by atoms with Gasteiger partial charge in [-0.3, -0.25) is 0 Å². The third kappa shape index (κ3) is 4.28. The molecule has 2 heterocycles. The van der Waals surface area contributed by atoms with Gasteiger partial charge in [0.2, 0.25) is 0 Å². The van der Waals surface area contributed by atoms with Crippen LogP contribution in [0, 0.1) is 13.8 Å². The van der Waals surface area contributed by atoms with Gasteiger partial charge in [0.25, 0.3) is 0 Å². The van der Waals surface area contributed by atoms with Crippen LogP contribution >= 0.6 is 11.6 Å². The fourth-order valence-corrected chi connectivity index (χ4v) is 3.34. The Morgan fingerprint density at radius 3 is 2.68 bits per heavy atom. The molecule has 1 aromatic carbocycles. The average molecular weight is 402 g/mol. The fourth-order valence-electron chi connectivity index (χ4n) is 3.11. The monoisotopic (exact) mass is 401 g/mol. The number of aryl methyl sites for hydroxylation is 2. The molecule has 0 saturated heterocycles. The molecule has 0 spiro atoms. The summed E-state index contributed by atoms with van der Waals surface area (Å²) in [6, 6.07) is 7.19. The Labute approximate surface area is 169 Å². The number of pyridine rings is 1. The van der Waals surface area contributed by atoms with Crippen LogP contribution in [-0.2, 0) is 6.54 Å². The summed E-state index contributed by atoms with van der Waals surface area (Å²) in [5.41, 5.74) is 2.93. The number of carboxylic acid groups (broad SMARTS) is 1. The summed E-state index contributed by atoms with van der Waals surface area (Å²) >= 11 is 6.47. The Morgan fingerprint density at radius 1 is 1.21 bits per heavy atom. The second kappa shape index (κ2) is 8.61. The molecule has 0 radical (unpaired) electrons. The van der Waals surface area contributed by atoms with Crippen LogP contribution in [0.4, 0.5) is 0 Å². The largest absolute Gasteiger partial charge is 0.494 e. The molecule has 148 valence electrons. The summed E-state index contributed by atoms with van der Waals surface area (Å²) < 4.78 is 7.64. The number of fused-ring (bicyclic) bond motifs is 1. The zero-order chi connectivity index (χ0) is 20.3. The minimum absolute atomic E-state index is 0.00748. The van der Waals surface area contributed by atoms with Crippen LogP contribution in [0.3, 0.4) is 0 Å². The number of imidazole rings is 1. The predicted octanol–water partition coefficient (Wildman–Crippen LogP) is 5.02. The Bertz CT molecular complexity index is 1010. The Kier molecular flexibility index (Phi) is 6.19. The Balaban J connectivity index is 1.88. The molecule has 3 rings (SSSR count). The highest BCUT2D eigenvalue weighted by Crippen LogP contribution is 2.26. The van der Waals surface area contributed by atoms with Crippen molar-refractivity contribution in [3.05, 3.63) is 51.9 Å². The van der Waals surface area contributed by atoms with E-state index in [2.05, 4.69) is 16.9 Å². The van der Waals surface area contributed by atoms with Crippen molar-refractivity contribution < 1.29 is 14.6 Å². The number of unbranched alkanes of at least 4 members (excludes halogenated alkanes) is 2. The van der Waals surface area contributed by atoms with Gasteiger partial charge in [-0.1, -0.05) is 37.4 Å². The molecule has 0 aliphatic heterocycles. The van der Waals surface area contributed by atoms with Gasteiger partial charge in [0.1, 0.15) is 17.1 Å². The number of carbonyl (C=O) groups is 1. The van der Waals surface area contributed by atoms with E-state index in [-0.39, 0.29) is 5.69 Å². The summed E-state index contributed by atoms with van der Waals surface area (Å²) in [5.74, 6) is 0.446. The van der Waals surface area contributed by atoms with Crippen LogP contribution in [0.2, 0.25) is 5.02 Å². The van der Waals surface area contributed by atoms with Crippen molar-refractivity contribution in [3.63, 3.8) is 0 Å². The van der Waals surface area contributed by atoms with Gasteiger partial charge in [-0.15, -0.1) is 0 Å². The maximum Gasteiger partial charge on any atom is 0.354 e. The van der Waals surface area contributed by atoms with Gasteiger partial charge < -0.3 is 14.4 Å². The van der Waals surface area contributed by atoms with E-state index >= 15 is 0 Å². The maximum absolute atomic E-state index is 11.4. The van der Waals surface area contributed by atoms with E-state index in [9.17, 15) is 9.90 Å². The molecule has 3 aromatic rings. The minimum Gasteiger partial charge on any atom is -0.494 e. The van der Waals surface area contributed by atoms with E-state index in [4.69, 9.17) is 16.3 Å². The molecular weight excluding hydrogens is 378 g/mol. The number of hydrogen-bond donors (Lipinski definition) is 1. The summed E-state index contributed by atoms with van der Waals surface area (Å²) in [4.78, 5) is 20.2. The minimum atomic E-state index is -1.06. The van der Waals surface area contributed by atoms with Crippen LogP contribution in [0.15, 0.2) is 24.3 Å². The maximum atomic E-state index is 11.4. The van der Waals surface area contributed by atoms with Crippen molar-refractivity contribution in [2.75, 3.05) is 6.61 Å². The van der Waals surface area contributed by atoms with E-state index in [0.29, 0.717) is 29.3 Å². The van der Waals surface area contributed by atoms with Gasteiger partial charge in [0.05, 0.1) is 13.2 Å². The van der Waals surface area contributed by atoms with Crippen molar-refractivity contribution in [3.8, 4) is 5.75 Å². The summed E-state index contributed by atoms with van der Waals surface area (Å²) in [5, 5.41) is 9.91. The molecule has 1 N–H and O–H groups in total. The lowest BCUT2D eigenvalue weighted by Crippen LogP contribution is -2.07. The number of halogens is 1. The fraction of sp³-hybridized carbons (Fsp3) is 0.381. The highest BCUT2D eigenvalue weighted by atomic mass is 35.5.